The first-order valence-electron chi connectivity index (χ1n) is 8.32. The largest absolute Gasteiger partial charge is 0.481 e. The zero-order valence-electron chi connectivity index (χ0n) is 14.7. The van der Waals surface area contributed by atoms with Crippen LogP contribution in [0.1, 0.15) is 38.2 Å². The number of hydrogen-bond donors (Lipinski definition) is 1. The molecule has 0 bridgehead atoms. The standard InChI is InChI=1S/C19H22ClNO4S/c1-14(2)15-5-9-17(10-6-15)21(13-3-4-19(22)23)26(24,25)18-11-7-16(20)8-12-18/h5-12,14H,3-4,13H2,1-2H3,(H,22,23). The summed E-state index contributed by atoms with van der Waals surface area (Å²) in [5.41, 5.74) is 1.61. The number of aliphatic carboxylic acids is 1. The maximum absolute atomic E-state index is 13.1. The molecule has 0 saturated carbocycles. The third-order valence-electron chi connectivity index (χ3n) is 4.00. The summed E-state index contributed by atoms with van der Waals surface area (Å²) in [6, 6.07) is 13.2. The Bertz CT molecular complexity index is 846. The predicted octanol–water partition coefficient (Wildman–Crippen LogP) is 4.52. The van der Waals surface area contributed by atoms with Crippen molar-refractivity contribution >= 4 is 33.3 Å². The van der Waals surface area contributed by atoms with Crippen molar-refractivity contribution in [2.24, 2.45) is 0 Å². The molecule has 0 saturated heterocycles. The van der Waals surface area contributed by atoms with Crippen molar-refractivity contribution in [1.29, 1.82) is 0 Å². The van der Waals surface area contributed by atoms with Crippen LogP contribution in [0.4, 0.5) is 5.69 Å². The number of benzene rings is 2. The molecule has 2 rings (SSSR count). The lowest BCUT2D eigenvalue weighted by Crippen LogP contribution is -2.32. The molecule has 1 N–H and O–H groups in total. The van der Waals surface area contributed by atoms with Gasteiger partial charge in [0.15, 0.2) is 0 Å². The van der Waals surface area contributed by atoms with Gasteiger partial charge in [0.05, 0.1) is 10.6 Å². The first kappa shape index (κ1) is 20.3. The molecule has 5 nitrogen and oxygen atoms in total. The van der Waals surface area contributed by atoms with Crippen molar-refractivity contribution in [2.75, 3.05) is 10.8 Å². The van der Waals surface area contributed by atoms with Crippen LogP contribution in [0, 0.1) is 0 Å². The lowest BCUT2D eigenvalue weighted by molar-refractivity contribution is -0.137. The highest BCUT2D eigenvalue weighted by Gasteiger charge is 2.25. The van der Waals surface area contributed by atoms with E-state index in [1.54, 1.807) is 12.1 Å². The molecule has 0 aromatic heterocycles. The van der Waals surface area contributed by atoms with Crippen LogP contribution in [0.3, 0.4) is 0 Å². The van der Waals surface area contributed by atoms with Crippen molar-refractivity contribution < 1.29 is 18.3 Å². The van der Waals surface area contributed by atoms with Crippen LogP contribution in [0.2, 0.25) is 5.02 Å². The molecule has 0 aliphatic heterocycles. The Morgan fingerprint density at radius 2 is 1.65 bits per heavy atom. The summed E-state index contributed by atoms with van der Waals surface area (Å²) in [5.74, 6) is -0.624. The summed E-state index contributed by atoms with van der Waals surface area (Å²) in [5, 5.41) is 9.31. The Hall–Kier alpha value is -2.05. The smallest absolute Gasteiger partial charge is 0.303 e. The van der Waals surface area contributed by atoms with E-state index in [4.69, 9.17) is 16.7 Å². The molecular formula is C19H22ClNO4S. The average Bonchev–Trinajstić information content (AvgIpc) is 2.59. The van der Waals surface area contributed by atoms with Gasteiger partial charge in [0, 0.05) is 18.0 Å². The van der Waals surface area contributed by atoms with E-state index in [0.29, 0.717) is 16.6 Å². The van der Waals surface area contributed by atoms with Crippen molar-refractivity contribution in [3.63, 3.8) is 0 Å². The average molecular weight is 396 g/mol. The van der Waals surface area contributed by atoms with E-state index in [2.05, 4.69) is 13.8 Å². The summed E-state index contributed by atoms with van der Waals surface area (Å²) in [7, 11) is -3.82. The van der Waals surface area contributed by atoms with E-state index in [1.807, 2.05) is 12.1 Å². The predicted molar refractivity (Wildman–Crippen MR) is 103 cm³/mol. The molecule has 0 atom stereocenters. The SMILES string of the molecule is CC(C)c1ccc(N(CCCC(=O)O)S(=O)(=O)c2ccc(Cl)cc2)cc1. The Morgan fingerprint density at radius 1 is 1.08 bits per heavy atom. The first-order chi connectivity index (χ1) is 12.2. The van der Waals surface area contributed by atoms with Crippen LogP contribution < -0.4 is 4.31 Å². The third kappa shape index (κ3) is 4.99. The molecule has 0 heterocycles. The molecule has 7 heteroatoms. The Morgan fingerprint density at radius 3 is 2.15 bits per heavy atom. The van der Waals surface area contributed by atoms with Gasteiger partial charge < -0.3 is 5.11 Å². The van der Waals surface area contributed by atoms with Gasteiger partial charge in [-0.05, 0) is 54.3 Å². The van der Waals surface area contributed by atoms with E-state index >= 15 is 0 Å². The number of hydrogen-bond acceptors (Lipinski definition) is 3. The molecule has 2 aromatic rings. The van der Waals surface area contributed by atoms with E-state index < -0.39 is 16.0 Å². The van der Waals surface area contributed by atoms with Gasteiger partial charge in [-0.25, -0.2) is 8.42 Å². The lowest BCUT2D eigenvalue weighted by atomic mass is 10.0. The Labute approximate surface area is 159 Å². The van der Waals surface area contributed by atoms with Crippen molar-refractivity contribution in [1.82, 2.24) is 0 Å². The second-order valence-electron chi connectivity index (χ2n) is 6.27. The third-order valence-corrected chi connectivity index (χ3v) is 6.09. The molecule has 0 spiro atoms. The molecule has 0 unspecified atom stereocenters. The highest BCUT2D eigenvalue weighted by Crippen LogP contribution is 2.27. The minimum atomic E-state index is -3.82. The van der Waals surface area contributed by atoms with Crippen LogP contribution in [0.15, 0.2) is 53.4 Å². The van der Waals surface area contributed by atoms with E-state index in [0.717, 1.165) is 5.56 Å². The molecule has 2 aromatic carbocycles. The number of carbonyl (C=O) groups is 1. The quantitative estimate of drug-likeness (QED) is 0.712. The summed E-state index contributed by atoms with van der Waals surface area (Å²) >= 11 is 5.85. The van der Waals surface area contributed by atoms with Gasteiger partial charge in [0.25, 0.3) is 10.0 Å². The van der Waals surface area contributed by atoms with Gasteiger partial charge in [-0.3, -0.25) is 9.10 Å². The van der Waals surface area contributed by atoms with Gasteiger partial charge in [0.2, 0.25) is 0 Å². The van der Waals surface area contributed by atoms with Crippen LogP contribution in [0.5, 0.6) is 0 Å². The molecule has 26 heavy (non-hydrogen) atoms. The summed E-state index contributed by atoms with van der Waals surface area (Å²) in [4.78, 5) is 10.9. The molecule has 0 aliphatic rings. The Kier molecular flexibility index (Phi) is 6.67. The van der Waals surface area contributed by atoms with Crippen molar-refractivity contribution in [2.45, 2.75) is 37.5 Å². The number of anilines is 1. The number of nitrogens with zero attached hydrogens (tertiary/aromatic N) is 1. The van der Waals surface area contributed by atoms with Crippen molar-refractivity contribution in [3.8, 4) is 0 Å². The van der Waals surface area contributed by atoms with E-state index in [1.165, 1.54) is 28.6 Å². The maximum Gasteiger partial charge on any atom is 0.303 e. The highest BCUT2D eigenvalue weighted by molar-refractivity contribution is 7.92. The zero-order valence-corrected chi connectivity index (χ0v) is 16.3. The minimum absolute atomic E-state index is 0.0816. The van der Waals surface area contributed by atoms with Crippen LogP contribution in [-0.4, -0.2) is 26.0 Å². The number of sulfonamides is 1. The van der Waals surface area contributed by atoms with Gasteiger partial charge in [-0.2, -0.15) is 0 Å². The molecule has 140 valence electrons. The number of halogens is 1. The van der Waals surface area contributed by atoms with E-state index in [-0.39, 0.29) is 24.3 Å². The van der Waals surface area contributed by atoms with Crippen LogP contribution in [-0.2, 0) is 14.8 Å². The summed E-state index contributed by atoms with van der Waals surface area (Å²) < 4.78 is 27.4. The monoisotopic (exact) mass is 395 g/mol. The fourth-order valence-corrected chi connectivity index (χ4v) is 4.15. The van der Waals surface area contributed by atoms with Gasteiger partial charge in [0.1, 0.15) is 0 Å². The molecular weight excluding hydrogens is 374 g/mol. The Balaban J connectivity index is 2.39. The fraction of sp³-hybridized carbons (Fsp3) is 0.316. The highest BCUT2D eigenvalue weighted by atomic mass is 35.5. The van der Waals surface area contributed by atoms with Crippen LogP contribution >= 0.6 is 11.6 Å². The van der Waals surface area contributed by atoms with E-state index in [9.17, 15) is 13.2 Å². The second kappa shape index (κ2) is 8.56. The number of carboxylic acid groups (broad SMARTS) is 1. The minimum Gasteiger partial charge on any atom is -0.481 e. The number of carboxylic acids is 1. The molecule has 0 radical (unpaired) electrons. The summed E-state index contributed by atoms with van der Waals surface area (Å²) in [6.07, 6.45) is 0.116. The maximum atomic E-state index is 13.1. The van der Waals surface area contributed by atoms with Gasteiger partial charge in [-0.1, -0.05) is 37.6 Å². The zero-order chi connectivity index (χ0) is 19.3. The molecule has 0 aliphatic carbocycles. The van der Waals surface area contributed by atoms with Gasteiger partial charge in [-0.15, -0.1) is 0 Å². The first-order valence-corrected chi connectivity index (χ1v) is 10.1. The number of rotatable bonds is 8. The van der Waals surface area contributed by atoms with Gasteiger partial charge >= 0.3 is 5.97 Å². The lowest BCUT2D eigenvalue weighted by Gasteiger charge is -2.25. The topological polar surface area (TPSA) is 74.7 Å². The molecule has 0 fully saturated rings. The summed E-state index contributed by atoms with van der Waals surface area (Å²) in [6.45, 7) is 4.20. The fourth-order valence-electron chi connectivity index (χ4n) is 2.52. The normalized spacial score (nSPS) is 11.5. The second-order valence-corrected chi connectivity index (χ2v) is 8.57. The van der Waals surface area contributed by atoms with Crippen LogP contribution in [0.25, 0.3) is 0 Å². The molecule has 0 amide bonds. The van der Waals surface area contributed by atoms with Crippen molar-refractivity contribution in [3.05, 3.63) is 59.1 Å².